The molecule has 0 radical (unpaired) electrons. The van der Waals surface area contributed by atoms with Gasteiger partial charge in [0.15, 0.2) is 0 Å². The standard InChI is InChI=1S/C12H16N2O2/c13-10-3-1-9(2-4-10)7-11-8-14-12(15)5-6-16-11/h1-4,11H,5-8,13H2,(H,14,15). The summed E-state index contributed by atoms with van der Waals surface area (Å²) in [6, 6.07) is 7.74. The molecule has 4 heteroatoms. The summed E-state index contributed by atoms with van der Waals surface area (Å²) < 4.78 is 5.59. The van der Waals surface area contributed by atoms with Crippen LogP contribution in [-0.2, 0) is 16.0 Å². The lowest BCUT2D eigenvalue weighted by Gasteiger charge is -2.14. The summed E-state index contributed by atoms with van der Waals surface area (Å²) in [6.07, 6.45) is 1.33. The van der Waals surface area contributed by atoms with Gasteiger partial charge in [0.1, 0.15) is 0 Å². The third-order valence-corrected chi connectivity index (χ3v) is 2.65. The van der Waals surface area contributed by atoms with E-state index in [2.05, 4.69) is 5.32 Å². The maximum atomic E-state index is 11.1. The van der Waals surface area contributed by atoms with E-state index in [1.54, 1.807) is 0 Å². The quantitative estimate of drug-likeness (QED) is 0.722. The van der Waals surface area contributed by atoms with E-state index in [-0.39, 0.29) is 12.0 Å². The highest BCUT2D eigenvalue weighted by atomic mass is 16.5. The molecule has 1 aromatic rings. The molecule has 1 atom stereocenters. The first-order valence-corrected chi connectivity index (χ1v) is 5.47. The molecule has 0 spiro atoms. The number of benzene rings is 1. The molecular formula is C12H16N2O2. The van der Waals surface area contributed by atoms with Gasteiger partial charge < -0.3 is 15.8 Å². The maximum Gasteiger partial charge on any atom is 0.222 e. The Morgan fingerprint density at radius 3 is 2.88 bits per heavy atom. The number of nitrogen functional groups attached to an aromatic ring is 1. The molecule has 1 fully saturated rings. The third-order valence-electron chi connectivity index (χ3n) is 2.65. The largest absolute Gasteiger partial charge is 0.399 e. The lowest BCUT2D eigenvalue weighted by Crippen LogP contribution is -2.30. The van der Waals surface area contributed by atoms with Crippen molar-refractivity contribution in [1.29, 1.82) is 0 Å². The van der Waals surface area contributed by atoms with E-state index in [1.165, 1.54) is 5.56 Å². The highest BCUT2D eigenvalue weighted by Crippen LogP contribution is 2.10. The van der Waals surface area contributed by atoms with Crippen LogP contribution < -0.4 is 11.1 Å². The Hall–Kier alpha value is -1.55. The summed E-state index contributed by atoms with van der Waals surface area (Å²) in [6.45, 7) is 1.09. The number of nitrogens with one attached hydrogen (secondary N) is 1. The van der Waals surface area contributed by atoms with Gasteiger partial charge in [0.2, 0.25) is 5.91 Å². The van der Waals surface area contributed by atoms with Gasteiger partial charge in [0, 0.05) is 25.1 Å². The minimum atomic E-state index is 0.0649. The summed E-state index contributed by atoms with van der Waals surface area (Å²) in [5.41, 5.74) is 7.55. The predicted octanol–water partition coefficient (Wildman–Crippen LogP) is 0.716. The van der Waals surface area contributed by atoms with Crippen LogP contribution in [0.3, 0.4) is 0 Å². The van der Waals surface area contributed by atoms with Crippen molar-refractivity contribution in [2.45, 2.75) is 18.9 Å². The van der Waals surface area contributed by atoms with Crippen LogP contribution in [0.4, 0.5) is 5.69 Å². The van der Waals surface area contributed by atoms with Crippen LogP contribution in [0.2, 0.25) is 0 Å². The number of ether oxygens (including phenoxy) is 1. The number of carbonyl (C=O) groups is 1. The molecule has 16 heavy (non-hydrogen) atoms. The minimum Gasteiger partial charge on any atom is -0.399 e. The predicted molar refractivity (Wildman–Crippen MR) is 61.9 cm³/mol. The lowest BCUT2D eigenvalue weighted by atomic mass is 10.1. The smallest absolute Gasteiger partial charge is 0.222 e. The number of rotatable bonds is 2. The zero-order chi connectivity index (χ0) is 11.4. The number of carbonyl (C=O) groups excluding carboxylic acids is 1. The van der Waals surface area contributed by atoms with Gasteiger partial charge in [-0.05, 0) is 17.7 Å². The first-order valence-electron chi connectivity index (χ1n) is 5.47. The molecule has 1 aliphatic rings. The van der Waals surface area contributed by atoms with Crippen LogP contribution in [0.5, 0.6) is 0 Å². The van der Waals surface area contributed by atoms with Crippen molar-refractivity contribution in [3.63, 3.8) is 0 Å². The monoisotopic (exact) mass is 220 g/mol. The fraction of sp³-hybridized carbons (Fsp3) is 0.417. The third kappa shape index (κ3) is 2.97. The molecule has 1 amide bonds. The summed E-state index contributed by atoms with van der Waals surface area (Å²) in [5.74, 6) is 0.0693. The normalized spacial score (nSPS) is 21.2. The average molecular weight is 220 g/mol. The summed E-state index contributed by atoms with van der Waals surface area (Å²) >= 11 is 0. The molecule has 1 heterocycles. The van der Waals surface area contributed by atoms with Crippen molar-refractivity contribution < 1.29 is 9.53 Å². The average Bonchev–Trinajstić information content (AvgIpc) is 2.47. The van der Waals surface area contributed by atoms with Crippen LogP contribution in [0.1, 0.15) is 12.0 Å². The van der Waals surface area contributed by atoms with Crippen molar-refractivity contribution in [1.82, 2.24) is 5.32 Å². The molecule has 1 aliphatic heterocycles. The molecule has 0 bridgehead atoms. The van der Waals surface area contributed by atoms with Crippen molar-refractivity contribution in [3.05, 3.63) is 29.8 Å². The molecule has 1 unspecified atom stereocenters. The number of nitrogens with two attached hydrogens (primary N) is 1. The zero-order valence-electron chi connectivity index (χ0n) is 9.11. The van der Waals surface area contributed by atoms with E-state index in [9.17, 15) is 4.79 Å². The lowest BCUT2D eigenvalue weighted by molar-refractivity contribution is -0.120. The van der Waals surface area contributed by atoms with Gasteiger partial charge in [-0.1, -0.05) is 12.1 Å². The fourth-order valence-corrected chi connectivity index (χ4v) is 1.74. The van der Waals surface area contributed by atoms with Crippen molar-refractivity contribution in [2.75, 3.05) is 18.9 Å². The van der Waals surface area contributed by atoms with E-state index in [4.69, 9.17) is 10.5 Å². The molecule has 0 aliphatic carbocycles. The number of hydrogen-bond acceptors (Lipinski definition) is 3. The van der Waals surface area contributed by atoms with Gasteiger partial charge in [-0.3, -0.25) is 4.79 Å². The van der Waals surface area contributed by atoms with Crippen LogP contribution in [0.25, 0.3) is 0 Å². The molecule has 4 nitrogen and oxygen atoms in total. The SMILES string of the molecule is Nc1ccc(CC2CNC(=O)CCO2)cc1. The molecule has 86 valence electrons. The maximum absolute atomic E-state index is 11.1. The topological polar surface area (TPSA) is 64.3 Å². The Labute approximate surface area is 94.8 Å². The summed E-state index contributed by atoms with van der Waals surface area (Å²) in [7, 11) is 0. The second-order valence-corrected chi connectivity index (χ2v) is 3.99. The van der Waals surface area contributed by atoms with E-state index in [1.807, 2.05) is 24.3 Å². The van der Waals surface area contributed by atoms with Crippen molar-refractivity contribution >= 4 is 11.6 Å². The second-order valence-electron chi connectivity index (χ2n) is 3.99. The first-order chi connectivity index (χ1) is 7.74. The molecule has 1 aromatic carbocycles. The molecule has 1 saturated heterocycles. The highest BCUT2D eigenvalue weighted by molar-refractivity contribution is 5.76. The molecule has 3 N–H and O–H groups in total. The van der Waals surface area contributed by atoms with Gasteiger partial charge in [-0.25, -0.2) is 0 Å². The molecule has 0 saturated carbocycles. The fourth-order valence-electron chi connectivity index (χ4n) is 1.74. The molecular weight excluding hydrogens is 204 g/mol. The summed E-state index contributed by atoms with van der Waals surface area (Å²) in [5, 5.41) is 2.84. The van der Waals surface area contributed by atoms with Gasteiger partial charge in [-0.15, -0.1) is 0 Å². The Morgan fingerprint density at radius 2 is 2.12 bits per heavy atom. The van der Waals surface area contributed by atoms with Crippen LogP contribution in [0, 0.1) is 0 Å². The minimum absolute atomic E-state index is 0.0649. The zero-order valence-corrected chi connectivity index (χ0v) is 9.11. The molecule has 2 rings (SSSR count). The van der Waals surface area contributed by atoms with E-state index in [0.717, 1.165) is 12.1 Å². The van der Waals surface area contributed by atoms with Crippen LogP contribution >= 0.6 is 0 Å². The summed E-state index contributed by atoms with van der Waals surface area (Å²) in [4.78, 5) is 11.1. The van der Waals surface area contributed by atoms with E-state index < -0.39 is 0 Å². The van der Waals surface area contributed by atoms with Crippen LogP contribution in [0.15, 0.2) is 24.3 Å². The van der Waals surface area contributed by atoms with Gasteiger partial charge in [-0.2, -0.15) is 0 Å². The van der Waals surface area contributed by atoms with Gasteiger partial charge >= 0.3 is 0 Å². The molecule has 0 aromatic heterocycles. The van der Waals surface area contributed by atoms with Crippen LogP contribution in [-0.4, -0.2) is 25.2 Å². The Kier molecular flexibility index (Phi) is 3.41. The number of anilines is 1. The number of hydrogen-bond donors (Lipinski definition) is 2. The second kappa shape index (κ2) is 4.99. The van der Waals surface area contributed by atoms with E-state index >= 15 is 0 Å². The Bertz CT molecular complexity index is 362. The van der Waals surface area contributed by atoms with Gasteiger partial charge in [0.05, 0.1) is 12.7 Å². The van der Waals surface area contributed by atoms with Crippen molar-refractivity contribution in [2.24, 2.45) is 0 Å². The first kappa shape index (κ1) is 11.0. The Balaban J connectivity index is 1.93. The van der Waals surface area contributed by atoms with Gasteiger partial charge in [0.25, 0.3) is 0 Å². The van der Waals surface area contributed by atoms with Crippen molar-refractivity contribution in [3.8, 4) is 0 Å². The van der Waals surface area contributed by atoms with E-state index in [0.29, 0.717) is 19.6 Å². The number of amides is 1. The highest BCUT2D eigenvalue weighted by Gasteiger charge is 2.16. The Morgan fingerprint density at radius 1 is 1.38 bits per heavy atom.